The molecular weight excluding hydrogens is 172 g/mol. The maximum atomic E-state index is 4.70. The van der Waals surface area contributed by atoms with Crippen LogP contribution in [0.5, 0.6) is 0 Å². The molecule has 1 aliphatic heterocycles. The van der Waals surface area contributed by atoms with E-state index in [-0.39, 0.29) is 0 Å². The van der Waals surface area contributed by atoms with Crippen molar-refractivity contribution >= 4 is 5.82 Å². The Morgan fingerprint density at radius 3 is 2.93 bits per heavy atom. The highest BCUT2D eigenvalue weighted by Crippen LogP contribution is 2.25. The van der Waals surface area contributed by atoms with Gasteiger partial charge in [-0.1, -0.05) is 19.9 Å². The van der Waals surface area contributed by atoms with Crippen LogP contribution < -0.4 is 5.32 Å². The first-order valence-electron chi connectivity index (χ1n) is 5.43. The monoisotopic (exact) mass is 190 g/mol. The van der Waals surface area contributed by atoms with E-state index in [0.717, 1.165) is 12.4 Å². The third kappa shape index (κ3) is 1.61. The molecule has 0 bridgehead atoms. The Balaban J connectivity index is 2.45. The lowest BCUT2D eigenvalue weighted by molar-refractivity contribution is 0.775. The Labute approximate surface area is 85.7 Å². The van der Waals surface area contributed by atoms with E-state index in [1.54, 1.807) is 0 Å². The van der Waals surface area contributed by atoms with E-state index in [1.165, 1.54) is 29.7 Å². The molecule has 0 amide bonds. The first-order valence-corrected chi connectivity index (χ1v) is 5.43. The van der Waals surface area contributed by atoms with E-state index in [2.05, 4.69) is 32.2 Å². The molecule has 0 aliphatic carbocycles. The zero-order valence-corrected chi connectivity index (χ0v) is 9.22. The van der Waals surface area contributed by atoms with E-state index in [1.807, 2.05) is 0 Å². The highest BCUT2D eigenvalue weighted by molar-refractivity contribution is 5.49. The van der Waals surface area contributed by atoms with Gasteiger partial charge in [-0.05, 0) is 36.8 Å². The summed E-state index contributed by atoms with van der Waals surface area (Å²) in [7, 11) is 0. The minimum absolute atomic E-state index is 0.518. The van der Waals surface area contributed by atoms with Crippen LogP contribution >= 0.6 is 0 Å². The van der Waals surface area contributed by atoms with Crippen molar-refractivity contribution in [1.29, 1.82) is 0 Å². The second kappa shape index (κ2) is 3.60. The maximum Gasteiger partial charge on any atom is 0.129 e. The molecule has 2 nitrogen and oxygen atoms in total. The third-order valence-electron chi connectivity index (χ3n) is 2.79. The lowest BCUT2D eigenvalue weighted by Crippen LogP contribution is -2.15. The third-order valence-corrected chi connectivity index (χ3v) is 2.79. The Kier molecular flexibility index (Phi) is 2.44. The van der Waals surface area contributed by atoms with Crippen molar-refractivity contribution in [3.63, 3.8) is 0 Å². The summed E-state index contributed by atoms with van der Waals surface area (Å²) >= 11 is 0. The van der Waals surface area contributed by atoms with Crippen LogP contribution in [0.1, 0.15) is 43.0 Å². The second-order valence-electron chi connectivity index (χ2n) is 4.38. The predicted molar refractivity (Wildman–Crippen MR) is 59.9 cm³/mol. The van der Waals surface area contributed by atoms with Gasteiger partial charge in [0.15, 0.2) is 0 Å². The van der Waals surface area contributed by atoms with Gasteiger partial charge in [0.2, 0.25) is 0 Å². The highest BCUT2D eigenvalue weighted by Gasteiger charge is 2.14. The molecule has 2 heteroatoms. The molecule has 0 spiro atoms. The fourth-order valence-corrected chi connectivity index (χ4v) is 2.10. The number of anilines is 1. The fourth-order valence-electron chi connectivity index (χ4n) is 2.10. The first kappa shape index (κ1) is 9.50. The number of aromatic nitrogens is 1. The van der Waals surface area contributed by atoms with Gasteiger partial charge in [0.05, 0.1) is 0 Å². The summed E-state index contributed by atoms with van der Waals surface area (Å²) < 4.78 is 0. The van der Waals surface area contributed by atoms with Crippen LogP contribution in [0.2, 0.25) is 0 Å². The summed E-state index contributed by atoms with van der Waals surface area (Å²) in [5.74, 6) is 1.63. The average molecular weight is 190 g/mol. The lowest BCUT2D eigenvalue weighted by atomic mass is 9.99. The number of hydrogen-bond donors (Lipinski definition) is 1. The molecule has 2 rings (SSSR count). The molecule has 2 heterocycles. The van der Waals surface area contributed by atoms with E-state index in [9.17, 15) is 0 Å². The summed E-state index contributed by atoms with van der Waals surface area (Å²) in [4.78, 5) is 4.70. The average Bonchev–Trinajstić information content (AvgIpc) is 2.16. The number of hydrogen-bond acceptors (Lipinski definition) is 2. The molecule has 1 N–H and O–H groups in total. The normalized spacial score (nSPS) is 15.1. The largest absolute Gasteiger partial charge is 0.370 e. The summed E-state index contributed by atoms with van der Waals surface area (Å²) in [5, 5.41) is 3.37. The van der Waals surface area contributed by atoms with Gasteiger partial charge in [-0.25, -0.2) is 4.98 Å². The number of nitrogens with zero attached hydrogens (tertiary/aromatic N) is 1. The molecule has 0 saturated heterocycles. The molecular formula is C12H18N2. The number of aryl methyl sites for hydroxylation is 2. The quantitative estimate of drug-likeness (QED) is 0.736. The van der Waals surface area contributed by atoms with Crippen molar-refractivity contribution in [3.05, 3.63) is 22.9 Å². The summed E-state index contributed by atoms with van der Waals surface area (Å²) in [6, 6.07) is 2.30. The van der Waals surface area contributed by atoms with E-state index < -0.39 is 0 Å². The minimum Gasteiger partial charge on any atom is -0.370 e. The Morgan fingerprint density at radius 2 is 2.21 bits per heavy atom. The number of fused-ring (bicyclic) bond motifs is 1. The molecule has 0 unspecified atom stereocenters. The minimum atomic E-state index is 0.518. The number of nitrogens with one attached hydrogen (secondary N) is 1. The van der Waals surface area contributed by atoms with Gasteiger partial charge in [-0.15, -0.1) is 0 Å². The van der Waals surface area contributed by atoms with Gasteiger partial charge in [0, 0.05) is 12.2 Å². The van der Waals surface area contributed by atoms with Crippen molar-refractivity contribution < 1.29 is 0 Å². The van der Waals surface area contributed by atoms with Gasteiger partial charge in [0.25, 0.3) is 0 Å². The molecule has 0 radical (unpaired) electrons. The molecule has 0 saturated carbocycles. The molecule has 1 aliphatic rings. The SMILES string of the molecule is Cc1cc2c(nc1C(C)C)NCCC2. The summed E-state index contributed by atoms with van der Waals surface area (Å²) in [5.41, 5.74) is 3.96. The second-order valence-corrected chi connectivity index (χ2v) is 4.38. The van der Waals surface area contributed by atoms with Crippen LogP contribution in [-0.4, -0.2) is 11.5 Å². The van der Waals surface area contributed by atoms with Gasteiger partial charge in [-0.3, -0.25) is 0 Å². The van der Waals surface area contributed by atoms with Crippen molar-refractivity contribution in [3.8, 4) is 0 Å². The molecule has 14 heavy (non-hydrogen) atoms. The zero-order chi connectivity index (χ0) is 10.1. The standard InChI is InChI=1S/C12H18N2/c1-8(2)11-9(3)7-10-5-4-6-13-12(10)14-11/h7-8H,4-6H2,1-3H3,(H,13,14). The molecule has 0 atom stereocenters. The summed E-state index contributed by atoms with van der Waals surface area (Å²) in [6.45, 7) is 7.63. The zero-order valence-electron chi connectivity index (χ0n) is 9.22. The Bertz CT molecular complexity index is 342. The smallest absolute Gasteiger partial charge is 0.129 e. The molecule has 0 fully saturated rings. The fraction of sp³-hybridized carbons (Fsp3) is 0.583. The Hall–Kier alpha value is -1.05. The van der Waals surface area contributed by atoms with Crippen LogP contribution in [0.15, 0.2) is 6.07 Å². The van der Waals surface area contributed by atoms with Crippen molar-refractivity contribution in [2.75, 3.05) is 11.9 Å². The van der Waals surface area contributed by atoms with Gasteiger partial charge in [-0.2, -0.15) is 0 Å². The lowest BCUT2D eigenvalue weighted by Gasteiger charge is -2.20. The molecule has 1 aromatic heterocycles. The van der Waals surface area contributed by atoms with Gasteiger partial charge >= 0.3 is 0 Å². The van der Waals surface area contributed by atoms with E-state index >= 15 is 0 Å². The van der Waals surface area contributed by atoms with Gasteiger partial charge in [0.1, 0.15) is 5.82 Å². The van der Waals surface area contributed by atoms with Crippen molar-refractivity contribution in [2.24, 2.45) is 0 Å². The topological polar surface area (TPSA) is 24.9 Å². The van der Waals surface area contributed by atoms with Crippen LogP contribution in [0.4, 0.5) is 5.82 Å². The van der Waals surface area contributed by atoms with Crippen LogP contribution in [-0.2, 0) is 6.42 Å². The van der Waals surface area contributed by atoms with Crippen molar-refractivity contribution in [1.82, 2.24) is 4.98 Å². The molecule has 1 aromatic rings. The number of pyridine rings is 1. The van der Waals surface area contributed by atoms with Crippen molar-refractivity contribution in [2.45, 2.75) is 39.5 Å². The molecule has 76 valence electrons. The summed E-state index contributed by atoms with van der Waals surface area (Å²) in [6.07, 6.45) is 2.41. The van der Waals surface area contributed by atoms with Gasteiger partial charge < -0.3 is 5.32 Å². The predicted octanol–water partition coefficient (Wildman–Crippen LogP) is 2.87. The first-order chi connectivity index (χ1) is 6.68. The van der Waals surface area contributed by atoms with E-state index in [0.29, 0.717) is 5.92 Å². The maximum absolute atomic E-state index is 4.70. The van der Waals surface area contributed by atoms with Crippen LogP contribution in [0.3, 0.4) is 0 Å². The highest BCUT2D eigenvalue weighted by atomic mass is 15.0. The molecule has 0 aromatic carbocycles. The van der Waals surface area contributed by atoms with Crippen LogP contribution in [0.25, 0.3) is 0 Å². The Morgan fingerprint density at radius 1 is 1.43 bits per heavy atom. The van der Waals surface area contributed by atoms with E-state index in [4.69, 9.17) is 4.98 Å². The van der Waals surface area contributed by atoms with Crippen LogP contribution in [0, 0.1) is 6.92 Å². The number of rotatable bonds is 1.